The first-order valence-electron chi connectivity index (χ1n) is 10.6. The molecule has 0 bridgehead atoms. The Balaban J connectivity index is 1.50. The second-order valence-corrected chi connectivity index (χ2v) is 8.37. The van der Waals surface area contributed by atoms with Gasteiger partial charge in [-0.1, -0.05) is 6.07 Å². The average molecular weight is 463 g/mol. The number of rotatable bonds is 6. The van der Waals surface area contributed by atoms with E-state index in [1.165, 1.54) is 19.1 Å². The summed E-state index contributed by atoms with van der Waals surface area (Å²) in [6.45, 7) is 0.248. The number of nitrogens with zero attached hydrogens (tertiary/aromatic N) is 2. The lowest BCUT2D eigenvalue weighted by atomic mass is 9.82. The number of benzene rings is 1. The van der Waals surface area contributed by atoms with Crippen molar-refractivity contribution in [3.63, 3.8) is 0 Å². The topological polar surface area (TPSA) is 128 Å². The van der Waals surface area contributed by atoms with Crippen LogP contribution in [0.1, 0.15) is 33.8 Å². The highest BCUT2D eigenvalue weighted by molar-refractivity contribution is 6.10. The molecule has 174 valence electrons. The van der Waals surface area contributed by atoms with Crippen LogP contribution in [0.5, 0.6) is 5.75 Å². The molecule has 1 aromatic carbocycles. The minimum absolute atomic E-state index is 0.0128. The number of amides is 3. The molecule has 0 radical (unpaired) electrons. The van der Waals surface area contributed by atoms with E-state index in [4.69, 9.17) is 9.15 Å². The lowest BCUT2D eigenvalue weighted by molar-refractivity contribution is -0.139. The molecule has 4 heterocycles. The first-order chi connectivity index (χ1) is 16.3. The van der Waals surface area contributed by atoms with Gasteiger partial charge in [0.25, 0.3) is 5.91 Å². The summed E-state index contributed by atoms with van der Waals surface area (Å²) in [5, 5.41) is 2.35. The van der Waals surface area contributed by atoms with Crippen LogP contribution >= 0.6 is 0 Å². The van der Waals surface area contributed by atoms with E-state index >= 15 is 0 Å². The number of hydrogen-bond acceptors (Lipinski definition) is 8. The highest BCUT2D eigenvalue weighted by Crippen LogP contribution is 2.39. The Hall–Kier alpha value is -4.21. The van der Waals surface area contributed by atoms with Gasteiger partial charge in [-0.05, 0) is 29.8 Å². The van der Waals surface area contributed by atoms with Gasteiger partial charge in [0.1, 0.15) is 22.4 Å². The lowest BCUT2D eigenvalue weighted by Crippen LogP contribution is -2.46. The van der Waals surface area contributed by atoms with Crippen molar-refractivity contribution in [2.75, 3.05) is 20.8 Å². The number of carbonyl (C=O) groups is 4. The largest absolute Gasteiger partial charge is 0.497 e. The zero-order chi connectivity index (χ0) is 24.0. The van der Waals surface area contributed by atoms with Crippen molar-refractivity contribution >= 4 is 34.8 Å². The molecule has 5 rings (SSSR count). The minimum Gasteiger partial charge on any atom is -0.497 e. The van der Waals surface area contributed by atoms with Gasteiger partial charge in [-0.25, -0.2) is 4.98 Å². The maximum atomic E-state index is 13.1. The standard InChI is InChI=1S/C24H21N3O7/c1-32-15-5-3-13-11-27(22(30)16(13)8-15)12-24(10-20(28)26-23(24)31)19-9-17-18(34-19)6-4-14(25-17)7-21(29)33-2/h3-6,8-9H,7,10-12H2,1-2H3,(H,26,28,31)/t24-/m1/s1. The van der Waals surface area contributed by atoms with Crippen LogP contribution in [0.2, 0.25) is 0 Å². The zero-order valence-corrected chi connectivity index (χ0v) is 18.5. The summed E-state index contributed by atoms with van der Waals surface area (Å²) in [4.78, 5) is 56.0. The highest BCUT2D eigenvalue weighted by Gasteiger charge is 2.53. The first kappa shape index (κ1) is 21.6. The molecular formula is C24H21N3O7. The smallest absolute Gasteiger partial charge is 0.311 e. The van der Waals surface area contributed by atoms with E-state index in [1.54, 1.807) is 30.3 Å². The van der Waals surface area contributed by atoms with E-state index < -0.39 is 23.2 Å². The van der Waals surface area contributed by atoms with Crippen molar-refractivity contribution in [2.24, 2.45) is 0 Å². The van der Waals surface area contributed by atoms with Crippen LogP contribution < -0.4 is 10.1 Å². The van der Waals surface area contributed by atoms with E-state index in [0.29, 0.717) is 34.7 Å². The van der Waals surface area contributed by atoms with Crippen molar-refractivity contribution in [2.45, 2.75) is 24.8 Å². The number of carbonyl (C=O) groups excluding carboxylic acids is 4. The molecule has 0 spiro atoms. The van der Waals surface area contributed by atoms with Crippen molar-refractivity contribution in [3.8, 4) is 5.75 Å². The van der Waals surface area contributed by atoms with Gasteiger partial charge in [-0.15, -0.1) is 0 Å². The van der Waals surface area contributed by atoms with Gasteiger partial charge in [-0.3, -0.25) is 24.5 Å². The monoisotopic (exact) mass is 463 g/mol. The highest BCUT2D eigenvalue weighted by atomic mass is 16.5. The maximum Gasteiger partial charge on any atom is 0.311 e. The van der Waals surface area contributed by atoms with Gasteiger partial charge in [0.2, 0.25) is 11.8 Å². The summed E-state index contributed by atoms with van der Waals surface area (Å²) >= 11 is 0. The number of hydrogen-bond donors (Lipinski definition) is 1. The van der Waals surface area contributed by atoms with E-state index in [-0.39, 0.29) is 31.1 Å². The molecule has 2 aliphatic heterocycles. The number of ether oxygens (including phenoxy) is 2. The Morgan fingerprint density at radius 3 is 2.71 bits per heavy atom. The number of pyridine rings is 1. The lowest BCUT2D eigenvalue weighted by Gasteiger charge is -2.28. The summed E-state index contributed by atoms with van der Waals surface area (Å²) in [6.07, 6.45) is -0.175. The van der Waals surface area contributed by atoms with Gasteiger partial charge in [0.05, 0.1) is 32.8 Å². The number of esters is 1. The fourth-order valence-corrected chi connectivity index (χ4v) is 4.49. The van der Waals surface area contributed by atoms with Gasteiger partial charge >= 0.3 is 5.97 Å². The molecule has 1 saturated heterocycles. The molecule has 2 aromatic heterocycles. The summed E-state index contributed by atoms with van der Waals surface area (Å²) < 4.78 is 15.9. The first-order valence-corrected chi connectivity index (χ1v) is 10.6. The normalized spacial score (nSPS) is 19.5. The second kappa shape index (κ2) is 7.98. The predicted octanol–water partition coefficient (Wildman–Crippen LogP) is 1.49. The third kappa shape index (κ3) is 3.47. The average Bonchev–Trinajstić information content (AvgIpc) is 3.47. The third-order valence-electron chi connectivity index (χ3n) is 6.26. The summed E-state index contributed by atoms with van der Waals surface area (Å²) in [5.41, 5.74) is 1.22. The van der Waals surface area contributed by atoms with Crippen LogP contribution in [0, 0.1) is 0 Å². The molecule has 10 nitrogen and oxygen atoms in total. The van der Waals surface area contributed by atoms with E-state index in [2.05, 4.69) is 15.0 Å². The Labute approximate surface area is 193 Å². The molecule has 1 atom stereocenters. The Bertz CT molecular complexity index is 1360. The third-order valence-corrected chi connectivity index (χ3v) is 6.26. The molecule has 0 unspecified atom stereocenters. The fraction of sp³-hybridized carbons (Fsp3) is 0.292. The number of imide groups is 1. The van der Waals surface area contributed by atoms with Gasteiger partial charge in [0, 0.05) is 24.7 Å². The molecule has 3 aromatic rings. The van der Waals surface area contributed by atoms with Crippen LogP contribution in [0.25, 0.3) is 11.1 Å². The predicted molar refractivity (Wildman–Crippen MR) is 117 cm³/mol. The second-order valence-electron chi connectivity index (χ2n) is 8.37. The van der Waals surface area contributed by atoms with Crippen molar-refractivity contribution in [1.29, 1.82) is 0 Å². The molecular weight excluding hydrogens is 442 g/mol. The fourth-order valence-electron chi connectivity index (χ4n) is 4.49. The van der Waals surface area contributed by atoms with E-state index in [1.807, 2.05) is 6.07 Å². The van der Waals surface area contributed by atoms with Crippen LogP contribution in [0.4, 0.5) is 0 Å². The summed E-state index contributed by atoms with van der Waals surface area (Å²) in [5.74, 6) is -0.881. The van der Waals surface area contributed by atoms with Crippen LogP contribution in [-0.2, 0) is 37.5 Å². The number of furan rings is 1. The van der Waals surface area contributed by atoms with E-state index in [0.717, 1.165) is 5.56 Å². The number of fused-ring (bicyclic) bond motifs is 2. The molecule has 1 N–H and O–H groups in total. The quantitative estimate of drug-likeness (QED) is 0.430. The van der Waals surface area contributed by atoms with Crippen LogP contribution in [0.15, 0.2) is 40.8 Å². The maximum absolute atomic E-state index is 13.1. The number of methoxy groups -OCH3 is 2. The van der Waals surface area contributed by atoms with E-state index in [9.17, 15) is 19.2 Å². The molecule has 0 saturated carbocycles. The number of nitrogens with one attached hydrogen (secondary N) is 1. The van der Waals surface area contributed by atoms with Gasteiger partial charge < -0.3 is 18.8 Å². The molecule has 0 aliphatic carbocycles. The molecule has 34 heavy (non-hydrogen) atoms. The van der Waals surface area contributed by atoms with Crippen molar-refractivity contribution < 1.29 is 33.1 Å². The van der Waals surface area contributed by atoms with Gasteiger partial charge in [-0.2, -0.15) is 0 Å². The molecule has 2 aliphatic rings. The van der Waals surface area contributed by atoms with Gasteiger partial charge in [0.15, 0.2) is 5.58 Å². The number of aromatic nitrogens is 1. The molecule has 3 amide bonds. The summed E-state index contributed by atoms with van der Waals surface area (Å²) in [7, 11) is 2.82. The Kier molecular flexibility index (Phi) is 5.07. The SMILES string of the molecule is COC(=O)Cc1ccc2oc([C@]3(CN4Cc5ccc(OC)cc5C4=O)CC(=O)NC3=O)cc2n1. The van der Waals surface area contributed by atoms with Crippen LogP contribution in [0.3, 0.4) is 0 Å². The zero-order valence-electron chi connectivity index (χ0n) is 18.5. The Morgan fingerprint density at radius 2 is 2.00 bits per heavy atom. The molecule has 10 heteroatoms. The Morgan fingerprint density at radius 1 is 1.18 bits per heavy atom. The summed E-state index contributed by atoms with van der Waals surface area (Å²) in [6, 6.07) is 10.1. The van der Waals surface area contributed by atoms with Crippen LogP contribution in [-0.4, -0.2) is 54.3 Å². The minimum atomic E-state index is -1.40. The van der Waals surface area contributed by atoms with Crippen molar-refractivity contribution in [1.82, 2.24) is 15.2 Å². The van der Waals surface area contributed by atoms with Crippen molar-refractivity contribution in [3.05, 3.63) is 59.0 Å². The molecule has 1 fully saturated rings.